The van der Waals surface area contributed by atoms with Gasteiger partial charge in [0.05, 0.1) is 16.5 Å². The largest absolute Gasteiger partial charge is 0.351 e. The highest BCUT2D eigenvalue weighted by molar-refractivity contribution is 7.88. The number of carbonyl (C=O) groups excluding carboxylic acids is 1. The van der Waals surface area contributed by atoms with Crippen LogP contribution in [0.25, 0.3) is 0 Å². The Kier molecular flexibility index (Phi) is 4.42. The molecule has 1 unspecified atom stereocenters. The third-order valence-corrected chi connectivity index (χ3v) is 3.21. The van der Waals surface area contributed by atoms with Gasteiger partial charge in [0.1, 0.15) is 0 Å². The highest BCUT2D eigenvalue weighted by Gasteiger charge is 2.12. The fraction of sp³-hybridized carbons (Fsp3) is 0.273. The smallest absolute Gasteiger partial charge is 0.333 e. The maximum Gasteiger partial charge on any atom is 0.351 e. The first-order valence-electron chi connectivity index (χ1n) is 5.15. The van der Waals surface area contributed by atoms with Gasteiger partial charge in [-0.25, -0.2) is 9.00 Å². The average Bonchev–Trinajstić information content (AvgIpc) is 2.27. The lowest BCUT2D eigenvalue weighted by atomic mass is 10.2. The predicted octanol–water partition coefficient (Wildman–Crippen LogP) is 1.98. The number of amides is 2. The first-order valence-corrected chi connectivity index (χ1v) is 6.62. The molecule has 1 rings (SSSR count). The molecule has 0 aliphatic rings. The third-order valence-electron chi connectivity index (χ3n) is 1.91. The maximum absolute atomic E-state index is 11.8. The molecule has 2 N–H and O–H groups in total. The van der Waals surface area contributed by atoms with Crippen LogP contribution in [0.5, 0.6) is 0 Å². The zero-order chi connectivity index (χ0) is 13.8. The van der Waals surface area contributed by atoms with Gasteiger partial charge in [0.25, 0.3) is 0 Å². The summed E-state index contributed by atoms with van der Waals surface area (Å²) in [6.45, 7) is 3.43. The number of nitrogens with zero attached hydrogens (tertiary/aromatic N) is 2. The molecule has 1 aromatic rings. The van der Waals surface area contributed by atoms with E-state index in [0.717, 1.165) is 0 Å². The van der Waals surface area contributed by atoms with Crippen molar-refractivity contribution in [2.75, 3.05) is 0 Å². The average molecular weight is 267 g/mol. The first-order chi connectivity index (χ1) is 8.35. The lowest BCUT2D eigenvalue weighted by molar-refractivity contribution is 0.247. The minimum atomic E-state index is -3.78. The Hall–Kier alpha value is -1.91. The summed E-state index contributed by atoms with van der Waals surface area (Å²) in [6, 6.07) is 6.25. The Morgan fingerprint density at radius 1 is 1.44 bits per heavy atom. The van der Waals surface area contributed by atoms with Gasteiger partial charge in [0, 0.05) is 6.04 Å². The van der Waals surface area contributed by atoms with E-state index in [1.165, 1.54) is 24.3 Å². The second kappa shape index (κ2) is 5.62. The van der Waals surface area contributed by atoms with Gasteiger partial charge >= 0.3 is 6.03 Å². The van der Waals surface area contributed by atoms with E-state index in [1.807, 2.05) is 6.07 Å². The highest BCUT2D eigenvalue weighted by Crippen LogP contribution is 2.12. The van der Waals surface area contributed by atoms with Crippen molar-refractivity contribution in [3.8, 4) is 6.07 Å². The highest BCUT2D eigenvalue weighted by atomic mass is 32.2. The topological polar surface area (TPSA) is 103 Å². The molecule has 0 saturated carbocycles. The molecule has 0 saturated heterocycles. The number of urea groups is 1. The van der Waals surface area contributed by atoms with Gasteiger partial charge in [-0.2, -0.15) is 5.26 Å². The van der Waals surface area contributed by atoms with E-state index in [2.05, 4.69) is 9.68 Å². The van der Waals surface area contributed by atoms with Gasteiger partial charge < -0.3 is 5.32 Å². The molecule has 0 aromatic heterocycles. The molecule has 0 radical (unpaired) electrons. The minimum absolute atomic E-state index is 0.0135. The number of nitrogens with one attached hydrogen (secondary N) is 1. The molecule has 96 valence electrons. The van der Waals surface area contributed by atoms with Crippen LogP contribution in [0.3, 0.4) is 0 Å². The van der Waals surface area contributed by atoms with Crippen LogP contribution in [0, 0.1) is 11.3 Å². The Balaban J connectivity index is 3.05. The van der Waals surface area contributed by atoms with Crippen LogP contribution in [-0.4, -0.2) is 20.8 Å². The zero-order valence-electron chi connectivity index (χ0n) is 9.95. The number of benzene rings is 1. The van der Waals surface area contributed by atoms with E-state index in [4.69, 9.17) is 5.26 Å². The lowest BCUT2D eigenvalue weighted by Gasteiger charge is -2.06. The molecule has 7 heteroatoms. The van der Waals surface area contributed by atoms with Crippen LogP contribution in [0.4, 0.5) is 4.79 Å². The molecule has 18 heavy (non-hydrogen) atoms. The van der Waals surface area contributed by atoms with E-state index >= 15 is 0 Å². The summed E-state index contributed by atoms with van der Waals surface area (Å²) >= 11 is 0. The number of carbonyl (C=O) groups is 1. The fourth-order valence-corrected chi connectivity index (χ4v) is 2.02. The standard InChI is InChI=1S/C11H13N3O3S/c1-8(2)13-11(15)14-18(16,17)10-5-3-9(7-12)4-6-10/h3-6,8H,1-2H3,(H2,13,14,15,16,17). The molecule has 0 spiro atoms. The summed E-state index contributed by atoms with van der Waals surface area (Å²) in [6.07, 6.45) is 0. The number of rotatable bonds is 2. The van der Waals surface area contributed by atoms with E-state index in [-0.39, 0.29) is 10.9 Å². The van der Waals surface area contributed by atoms with Crippen molar-refractivity contribution in [1.82, 2.24) is 5.32 Å². The third kappa shape index (κ3) is 3.84. The second-order valence-electron chi connectivity index (χ2n) is 3.83. The van der Waals surface area contributed by atoms with E-state index in [9.17, 15) is 13.6 Å². The van der Waals surface area contributed by atoms with E-state index < -0.39 is 16.0 Å². The maximum atomic E-state index is 11.8. The SMILES string of the molecule is CC(C)NC(=O)N=S(=O)(O)c1ccc(C#N)cc1. The van der Waals surface area contributed by atoms with Gasteiger partial charge in [-0.15, -0.1) is 4.36 Å². The van der Waals surface area contributed by atoms with Crippen molar-refractivity contribution in [3.05, 3.63) is 29.8 Å². The van der Waals surface area contributed by atoms with Gasteiger partial charge in [0.15, 0.2) is 10.0 Å². The molecule has 2 amide bonds. The zero-order valence-corrected chi connectivity index (χ0v) is 10.8. The summed E-state index contributed by atoms with van der Waals surface area (Å²) in [4.78, 5) is 11.3. The molecule has 0 aliphatic heterocycles. The Morgan fingerprint density at radius 2 is 2.00 bits per heavy atom. The summed E-state index contributed by atoms with van der Waals surface area (Å²) in [5.74, 6) is 0. The molecule has 0 bridgehead atoms. The minimum Gasteiger partial charge on any atom is -0.333 e. The molecule has 0 heterocycles. The fourth-order valence-electron chi connectivity index (χ4n) is 1.15. The Morgan fingerprint density at radius 3 is 2.44 bits per heavy atom. The lowest BCUT2D eigenvalue weighted by Crippen LogP contribution is -2.28. The molecule has 6 nitrogen and oxygen atoms in total. The quantitative estimate of drug-likeness (QED) is 0.855. The molecule has 1 aromatic carbocycles. The van der Waals surface area contributed by atoms with Crippen LogP contribution in [0.1, 0.15) is 19.4 Å². The van der Waals surface area contributed by atoms with Crippen molar-refractivity contribution < 1.29 is 13.6 Å². The van der Waals surface area contributed by atoms with Gasteiger partial charge in [-0.1, -0.05) is 0 Å². The Labute approximate surface area is 106 Å². The second-order valence-corrected chi connectivity index (χ2v) is 5.48. The van der Waals surface area contributed by atoms with Gasteiger partial charge in [0.2, 0.25) is 0 Å². The summed E-state index contributed by atoms with van der Waals surface area (Å²) in [5.41, 5.74) is 0.362. The van der Waals surface area contributed by atoms with Crippen molar-refractivity contribution in [2.24, 2.45) is 4.36 Å². The molecule has 0 fully saturated rings. The van der Waals surface area contributed by atoms with Crippen molar-refractivity contribution in [3.63, 3.8) is 0 Å². The van der Waals surface area contributed by atoms with Crippen molar-refractivity contribution in [2.45, 2.75) is 24.8 Å². The molecule has 0 aliphatic carbocycles. The van der Waals surface area contributed by atoms with Crippen molar-refractivity contribution in [1.29, 1.82) is 5.26 Å². The molecular weight excluding hydrogens is 254 g/mol. The van der Waals surface area contributed by atoms with E-state index in [1.54, 1.807) is 13.8 Å². The normalized spacial score (nSPS) is 13.5. The molecular formula is C11H13N3O3S. The van der Waals surface area contributed by atoms with Crippen LogP contribution < -0.4 is 5.32 Å². The van der Waals surface area contributed by atoms with Gasteiger partial charge in [-0.05, 0) is 38.1 Å². The van der Waals surface area contributed by atoms with Crippen molar-refractivity contribution >= 4 is 16.0 Å². The summed E-state index contributed by atoms with van der Waals surface area (Å²) < 4.78 is 24.7. The number of hydrogen-bond acceptors (Lipinski definition) is 3. The molecule has 1 atom stereocenters. The summed E-state index contributed by atoms with van der Waals surface area (Å²) in [5, 5.41) is 11.0. The van der Waals surface area contributed by atoms with Crippen LogP contribution in [0.15, 0.2) is 33.5 Å². The number of hydrogen-bond donors (Lipinski definition) is 2. The first kappa shape index (κ1) is 14.2. The predicted molar refractivity (Wildman–Crippen MR) is 66.3 cm³/mol. The van der Waals surface area contributed by atoms with Gasteiger partial charge in [-0.3, -0.25) is 4.55 Å². The van der Waals surface area contributed by atoms with E-state index in [0.29, 0.717) is 5.56 Å². The summed E-state index contributed by atoms with van der Waals surface area (Å²) in [7, 11) is -3.78. The van der Waals surface area contributed by atoms with Crippen LogP contribution in [-0.2, 0) is 10.0 Å². The number of nitriles is 1. The Bertz CT molecular complexity index is 593. The van der Waals surface area contributed by atoms with Crippen LogP contribution in [0.2, 0.25) is 0 Å². The van der Waals surface area contributed by atoms with Crippen LogP contribution >= 0.6 is 0 Å². The monoisotopic (exact) mass is 267 g/mol.